The van der Waals surface area contributed by atoms with Crippen LogP contribution in [-0.2, 0) is 0 Å². The van der Waals surface area contributed by atoms with E-state index in [0.29, 0.717) is 0 Å². The molecule has 0 radical (unpaired) electrons. The molecule has 0 amide bonds. The summed E-state index contributed by atoms with van der Waals surface area (Å²) in [6.45, 7) is 2.09. The number of thiophene rings is 1. The predicted molar refractivity (Wildman–Crippen MR) is 95.2 cm³/mol. The van der Waals surface area contributed by atoms with Gasteiger partial charge in [-0.1, -0.05) is 60.7 Å². The molecule has 0 spiro atoms. The third-order valence-corrected chi connectivity index (χ3v) is 4.13. The molecule has 0 atom stereocenters. The zero-order chi connectivity index (χ0) is 15.2. The number of aryl methyl sites for hydroxylation is 1. The highest BCUT2D eigenvalue weighted by molar-refractivity contribution is 7.13. The van der Waals surface area contributed by atoms with E-state index in [0.717, 1.165) is 21.7 Å². The van der Waals surface area contributed by atoms with Crippen LogP contribution in [0, 0.1) is 6.92 Å². The molecule has 1 heterocycles. The van der Waals surface area contributed by atoms with E-state index in [1.165, 1.54) is 4.88 Å². The molecule has 0 saturated heterocycles. The van der Waals surface area contributed by atoms with Crippen molar-refractivity contribution in [2.75, 3.05) is 0 Å². The summed E-state index contributed by atoms with van der Waals surface area (Å²) in [6.07, 6.45) is 1.81. The van der Waals surface area contributed by atoms with Gasteiger partial charge in [-0.15, -0.1) is 16.4 Å². The van der Waals surface area contributed by atoms with Gasteiger partial charge < -0.3 is 0 Å². The van der Waals surface area contributed by atoms with Gasteiger partial charge in [0.05, 0.1) is 6.21 Å². The summed E-state index contributed by atoms with van der Waals surface area (Å²) in [5, 5.41) is 8.74. The van der Waals surface area contributed by atoms with Crippen molar-refractivity contribution in [3.05, 3.63) is 93.7 Å². The smallest absolute Gasteiger partial charge is 0.100 e. The van der Waals surface area contributed by atoms with E-state index in [4.69, 9.17) is 0 Å². The normalized spacial score (nSPS) is 10.8. The van der Waals surface area contributed by atoms with E-state index in [1.807, 2.05) is 42.6 Å². The zero-order valence-electron chi connectivity index (χ0n) is 12.3. The Morgan fingerprint density at radius 1 is 0.818 bits per heavy atom. The van der Waals surface area contributed by atoms with Crippen LogP contribution in [0.4, 0.5) is 0 Å². The Kier molecular flexibility index (Phi) is 4.56. The van der Waals surface area contributed by atoms with Gasteiger partial charge in [-0.05, 0) is 19.1 Å². The average Bonchev–Trinajstić information content (AvgIpc) is 2.99. The molecule has 3 rings (SSSR count). The number of nitrogens with zero attached hydrogens (tertiary/aromatic N) is 2. The minimum Gasteiger partial charge on any atom is -0.157 e. The van der Waals surface area contributed by atoms with Crippen LogP contribution in [0.25, 0.3) is 0 Å². The summed E-state index contributed by atoms with van der Waals surface area (Å²) in [4.78, 5) is 2.39. The Bertz CT molecular complexity index is 745. The van der Waals surface area contributed by atoms with Crippen LogP contribution in [0.1, 0.15) is 20.9 Å². The molecule has 1 aromatic heterocycles. The maximum atomic E-state index is 4.46. The summed E-state index contributed by atoms with van der Waals surface area (Å²) in [7, 11) is 0. The fourth-order valence-electron chi connectivity index (χ4n) is 2.14. The van der Waals surface area contributed by atoms with E-state index in [2.05, 4.69) is 53.5 Å². The van der Waals surface area contributed by atoms with Crippen LogP contribution in [0.3, 0.4) is 0 Å². The van der Waals surface area contributed by atoms with Crippen molar-refractivity contribution in [1.29, 1.82) is 0 Å². The average molecular weight is 304 g/mol. The molecule has 108 valence electrons. The first-order valence-corrected chi connectivity index (χ1v) is 7.93. The van der Waals surface area contributed by atoms with Gasteiger partial charge in [0, 0.05) is 20.9 Å². The molecule has 22 heavy (non-hydrogen) atoms. The third-order valence-electron chi connectivity index (χ3n) is 3.20. The topological polar surface area (TPSA) is 24.7 Å². The number of benzene rings is 2. The van der Waals surface area contributed by atoms with Crippen molar-refractivity contribution in [3.8, 4) is 0 Å². The molecule has 2 aromatic carbocycles. The van der Waals surface area contributed by atoms with Crippen molar-refractivity contribution in [1.82, 2.24) is 0 Å². The van der Waals surface area contributed by atoms with E-state index < -0.39 is 0 Å². The van der Waals surface area contributed by atoms with Crippen molar-refractivity contribution in [2.45, 2.75) is 6.92 Å². The van der Waals surface area contributed by atoms with E-state index in [9.17, 15) is 0 Å². The van der Waals surface area contributed by atoms with Crippen molar-refractivity contribution < 1.29 is 0 Å². The fraction of sp³-hybridized carbons (Fsp3) is 0.0526. The lowest BCUT2D eigenvalue weighted by Gasteiger charge is -2.04. The molecule has 0 N–H and O–H groups in total. The molecule has 3 heteroatoms. The molecule has 0 aliphatic heterocycles. The first-order chi connectivity index (χ1) is 10.8. The van der Waals surface area contributed by atoms with Gasteiger partial charge in [0.2, 0.25) is 0 Å². The molecule has 0 aliphatic carbocycles. The summed E-state index contributed by atoms with van der Waals surface area (Å²) in [5.41, 5.74) is 3.01. The molecule has 0 fully saturated rings. The predicted octanol–water partition coefficient (Wildman–Crippen LogP) is 4.93. The Balaban J connectivity index is 1.95. The van der Waals surface area contributed by atoms with Crippen LogP contribution in [0.5, 0.6) is 0 Å². The molecule has 0 unspecified atom stereocenters. The quantitative estimate of drug-likeness (QED) is 0.482. The molecule has 0 aliphatic rings. The summed E-state index contributed by atoms with van der Waals surface area (Å²) in [5.74, 6) is 0. The van der Waals surface area contributed by atoms with Gasteiger partial charge in [0.1, 0.15) is 5.71 Å². The molecular weight excluding hydrogens is 288 g/mol. The second kappa shape index (κ2) is 6.96. The van der Waals surface area contributed by atoms with Crippen LogP contribution in [0.2, 0.25) is 0 Å². The van der Waals surface area contributed by atoms with Crippen LogP contribution >= 0.6 is 11.3 Å². The minimum absolute atomic E-state index is 0.880. The van der Waals surface area contributed by atoms with Gasteiger partial charge in [-0.3, -0.25) is 0 Å². The summed E-state index contributed by atoms with van der Waals surface area (Å²) < 4.78 is 0. The van der Waals surface area contributed by atoms with Gasteiger partial charge in [0.15, 0.2) is 0 Å². The zero-order valence-corrected chi connectivity index (χ0v) is 13.1. The number of hydrogen-bond donors (Lipinski definition) is 0. The monoisotopic (exact) mass is 304 g/mol. The van der Waals surface area contributed by atoms with Crippen molar-refractivity contribution >= 4 is 23.3 Å². The largest absolute Gasteiger partial charge is 0.157 e. The Hall–Kier alpha value is -2.52. The van der Waals surface area contributed by atoms with Gasteiger partial charge in [-0.2, -0.15) is 5.10 Å². The molecular formula is C19H16N2S. The van der Waals surface area contributed by atoms with Crippen molar-refractivity contribution in [3.63, 3.8) is 0 Å². The Morgan fingerprint density at radius 3 is 1.91 bits per heavy atom. The summed E-state index contributed by atoms with van der Waals surface area (Å²) in [6, 6.07) is 24.4. The standard InChI is InChI=1S/C19H16N2S/c1-15-12-13-18(22-15)14-20-21-19(16-8-4-2-5-9-16)17-10-6-3-7-11-17/h2-14H,1H3/b20-14+. The number of rotatable bonds is 4. The fourth-order valence-corrected chi connectivity index (χ4v) is 2.88. The first kappa shape index (κ1) is 14.4. The second-order valence-electron chi connectivity index (χ2n) is 4.87. The van der Waals surface area contributed by atoms with E-state index in [-0.39, 0.29) is 0 Å². The maximum Gasteiger partial charge on any atom is 0.100 e. The maximum absolute atomic E-state index is 4.46. The summed E-state index contributed by atoms with van der Waals surface area (Å²) >= 11 is 1.71. The van der Waals surface area contributed by atoms with Crippen LogP contribution < -0.4 is 0 Å². The van der Waals surface area contributed by atoms with Crippen LogP contribution in [-0.4, -0.2) is 11.9 Å². The highest BCUT2D eigenvalue weighted by atomic mass is 32.1. The lowest BCUT2D eigenvalue weighted by Crippen LogP contribution is -2.02. The molecule has 0 bridgehead atoms. The number of hydrogen-bond acceptors (Lipinski definition) is 3. The van der Waals surface area contributed by atoms with E-state index >= 15 is 0 Å². The first-order valence-electron chi connectivity index (χ1n) is 7.11. The highest BCUT2D eigenvalue weighted by Crippen LogP contribution is 2.14. The van der Waals surface area contributed by atoms with Gasteiger partial charge in [-0.25, -0.2) is 0 Å². The lowest BCUT2D eigenvalue weighted by atomic mass is 10.0. The molecule has 3 aromatic rings. The van der Waals surface area contributed by atoms with E-state index in [1.54, 1.807) is 11.3 Å². The molecule has 0 saturated carbocycles. The lowest BCUT2D eigenvalue weighted by molar-refractivity contribution is 1.25. The van der Waals surface area contributed by atoms with Crippen LogP contribution in [0.15, 0.2) is 83.0 Å². The van der Waals surface area contributed by atoms with Crippen molar-refractivity contribution in [2.24, 2.45) is 10.2 Å². The Labute approximate surface area is 134 Å². The second-order valence-corrected chi connectivity index (χ2v) is 6.19. The Morgan fingerprint density at radius 2 is 1.41 bits per heavy atom. The van der Waals surface area contributed by atoms with Gasteiger partial charge >= 0.3 is 0 Å². The minimum atomic E-state index is 0.880. The SMILES string of the molecule is Cc1ccc(/C=N/N=C(c2ccccc2)c2ccccc2)s1. The van der Waals surface area contributed by atoms with Gasteiger partial charge in [0.25, 0.3) is 0 Å². The third kappa shape index (κ3) is 3.57. The molecule has 2 nitrogen and oxygen atoms in total. The highest BCUT2D eigenvalue weighted by Gasteiger charge is 2.05.